The normalized spacial score (nSPS) is 11.1. The number of nitrogens with zero attached hydrogens (tertiary/aromatic N) is 1. The van der Waals surface area contributed by atoms with Crippen molar-refractivity contribution >= 4 is 28.3 Å². The average Bonchev–Trinajstić information content (AvgIpc) is 3.35. The van der Waals surface area contributed by atoms with Gasteiger partial charge < -0.3 is 10.3 Å². The van der Waals surface area contributed by atoms with Crippen LogP contribution in [0.1, 0.15) is 44.1 Å². The van der Waals surface area contributed by atoms with E-state index in [9.17, 15) is 4.79 Å². The number of aromatic amines is 1. The number of hydrogen-bond donors (Lipinski definition) is 2. The maximum absolute atomic E-state index is 12.8. The van der Waals surface area contributed by atoms with Crippen LogP contribution in [0.15, 0.2) is 60.9 Å². The van der Waals surface area contributed by atoms with Crippen LogP contribution in [-0.4, -0.2) is 22.4 Å². The lowest BCUT2D eigenvalue weighted by atomic mass is 10.0. The molecule has 0 radical (unpaired) electrons. The highest BCUT2D eigenvalue weighted by atomic mass is 32.1. The molecule has 0 aliphatic carbocycles. The van der Waals surface area contributed by atoms with Gasteiger partial charge in [-0.15, -0.1) is 11.3 Å². The third-order valence-corrected chi connectivity index (χ3v) is 6.18. The zero-order valence-corrected chi connectivity index (χ0v) is 17.4. The quantitative estimate of drug-likeness (QED) is 0.393. The van der Waals surface area contributed by atoms with Gasteiger partial charge in [0.05, 0.1) is 4.88 Å². The van der Waals surface area contributed by atoms with E-state index in [0.717, 1.165) is 52.0 Å². The molecule has 0 spiro atoms. The van der Waals surface area contributed by atoms with Crippen LogP contribution in [-0.2, 0) is 12.8 Å². The second-order valence-corrected chi connectivity index (χ2v) is 8.55. The van der Waals surface area contributed by atoms with E-state index < -0.39 is 0 Å². The van der Waals surface area contributed by atoms with E-state index in [1.165, 1.54) is 11.1 Å². The molecule has 29 heavy (non-hydrogen) atoms. The van der Waals surface area contributed by atoms with Gasteiger partial charge in [0.2, 0.25) is 0 Å². The number of nitrogens with one attached hydrogen (secondary N) is 2. The standard InChI is InChI=1S/C24H25N3OS/c1-17-15-20(16-19-10-13-25-23-21(19)11-14-26-23)22(29-17)24(28)27-12-6-5-9-18-7-3-2-4-8-18/h2-4,7-8,10-11,13-15H,5-6,9,12,16H2,1H3,(H,25,26)(H,27,28). The number of fused-ring (bicyclic) bond motifs is 1. The molecular formula is C24H25N3OS. The minimum atomic E-state index is 0.0391. The lowest BCUT2D eigenvalue weighted by Crippen LogP contribution is -2.24. The fourth-order valence-electron chi connectivity index (χ4n) is 3.65. The molecule has 1 aromatic carbocycles. The minimum Gasteiger partial charge on any atom is -0.351 e. The topological polar surface area (TPSA) is 57.8 Å². The Morgan fingerprint density at radius 1 is 1.10 bits per heavy atom. The van der Waals surface area contributed by atoms with Crippen molar-refractivity contribution in [2.45, 2.75) is 32.6 Å². The van der Waals surface area contributed by atoms with Gasteiger partial charge in [-0.3, -0.25) is 4.79 Å². The molecule has 0 aliphatic rings. The molecule has 4 aromatic rings. The Labute approximate surface area is 175 Å². The van der Waals surface area contributed by atoms with Crippen LogP contribution in [0.3, 0.4) is 0 Å². The molecule has 0 bridgehead atoms. The zero-order chi connectivity index (χ0) is 20.1. The van der Waals surface area contributed by atoms with Crippen molar-refractivity contribution in [2.24, 2.45) is 0 Å². The molecule has 0 atom stereocenters. The van der Waals surface area contributed by atoms with Crippen molar-refractivity contribution in [3.63, 3.8) is 0 Å². The predicted molar refractivity (Wildman–Crippen MR) is 120 cm³/mol. The van der Waals surface area contributed by atoms with E-state index in [2.05, 4.69) is 52.5 Å². The van der Waals surface area contributed by atoms with Crippen LogP contribution in [0.4, 0.5) is 0 Å². The van der Waals surface area contributed by atoms with Crippen LogP contribution in [0.5, 0.6) is 0 Å². The van der Waals surface area contributed by atoms with E-state index in [1.54, 1.807) is 11.3 Å². The van der Waals surface area contributed by atoms with Gasteiger partial charge in [0, 0.05) is 29.2 Å². The summed E-state index contributed by atoms with van der Waals surface area (Å²) >= 11 is 1.57. The summed E-state index contributed by atoms with van der Waals surface area (Å²) in [5, 5.41) is 4.22. The van der Waals surface area contributed by atoms with Gasteiger partial charge >= 0.3 is 0 Å². The van der Waals surface area contributed by atoms with E-state index in [4.69, 9.17) is 0 Å². The number of thiophene rings is 1. The largest absolute Gasteiger partial charge is 0.351 e. The molecule has 1 amide bonds. The van der Waals surface area contributed by atoms with Crippen LogP contribution in [0.2, 0.25) is 0 Å². The Hall–Kier alpha value is -2.92. The number of aromatic nitrogens is 2. The predicted octanol–water partition coefficient (Wildman–Crippen LogP) is 5.28. The highest BCUT2D eigenvalue weighted by Crippen LogP contribution is 2.26. The molecule has 4 nitrogen and oxygen atoms in total. The number of benzene rings is 1. The summed E-state index contributed by atoms with van der Waals surface area (Å²) in [5.41, 5.74) is 4.51. The molecule has 148 valence electrons. The number of carbonyl (C=O) groups is 1. The molecule has 3 aromatic heterocycles. The first-order chi connectivity index (χ1) is 14.2. The second kappa shape index (κ2) is 9.05. The summed E-state index contributed by atoms with van der Waals surface area (Å²) in [4.78, 5) is 22.3. The van der Waals surface area contributed by atoms with Crippen molar-refractivity contribution < 1.29 is 4.79 Å². The minimum absolute atomic E-state index is 0.0391. The maximum atomic E-state index is 12.8. The van der Waals surface area contributed by atoms with Crippen LogP contribution in [0.25, 0.3) is 11.0 Å². The number of H-pyrrole nitrogens is 1. The van der Waals surface area contributed by atoms with Crippen molar-refractivity contribution in [3.8, 4) is 0 Å². The molecule has 0 aliphatic heterocycles. The Kier molecular flexibility index (Phi) is 6.06. The average molecular weight is 404 g/mol. The first-order valence-electron chi connectivity index (χ1n) is 10.0. The SMILES string of the molecule is Cc1cc(Cc2ccnc3[nH]ccc23)c(C(=O)NCCCCc2ccccc2)s1. The summed E-state index contributed by atoms with van der Waals surface area (Å²) in [6, 6.07) is 16.7. The van der Waals surface area contributed by atoms with Gasteiger partial charge in [-0.2, -0.15) is 0 Å². The Morgan fingerprint density at radius 3 is 2.83 bits per heavy atom. The molecule has 0 saturated heterocycles. The summed E-state index contributed by atoms with van der Waals surface area (Å²) in [6.07, 6.45) is 7.56. The number of carbonyl (C=O) groups excluding carboxylic acids is 1. The number of aryl methyl sites for hydroxylation is 2. The maximum Gasteiger partial charge on any atom is 0.261 e. The number of pyridine rings is 1. The Bertz CT molecular complexity index is 1100. The molecule has 5 heteroatoms. The molecule has 0 saturated carbocycles. The number of amides is 1. The van der Waals surface area contributed by atoms with Crippen molar-refractivity contribution in [1.82, 2.24) is 15.3 Å². The van der Waals surface area contributed by atoms with Gasteiger partial charge in [-0.05, 0) is 67.5 Å². The molecule has 0 fully saturated rings. The van der Waals surface area contributed by atoms with Crippen LogP contribution < -0.4 is 5.32 Å². The van der Waals surface area contributed by atoms with E-state index in [0.29, 0.717) is 6.54 Å². The van der Waals surface area contributed by atoms with Crippen molar-refractivity contribution in [3.05, 3.63) is 87.4 Å². The highest BCUT2D eigenvalue weighted by Gasteiger charge is 2.16. The Balaban J connectivity index is 1.36. The summed E-state index contributed by atoms with van der Waals surface area (Å²) in [5.74, 6) is 0.0391. The lowest BCUT2D eigenvalue weighted by molar-refractivity contribution is 0.0956. The first kappa shape index (κ1) is 19.4. The van der Waals surface area contributed by atoms with E-state index in [-0.39, 0.29) is 5.91 Å². The number of hydrogen-bond acceptors (Lipinski definition) is 3. The zero-order valence-electron chi connectivity index (χ0n) is 16.6. The monoisotopic (exact) mass is 403 g/mol. The number of rotatable bonds is 8. The van der Waals surface area contributed by atoms with Gasteiger partial charge in [-0.1, -0.05) is 30.3 Å². The smallest absolute Gasteiger partial charge is 0.261 e. The molecule has 2 N–H and O–H groups in total. The highest BCUT2D eigenvalue weighted by molar-refractivity contribution is 7.14. The second-order valence-electron chi connectivity index (χ2n) is 7.30. The molecular weight excluding hydrogens is 378 g/mol. The number of unbranched alkanes of at least 4 members (excludes halogenated alkanes) is 1. The van der Waals surface area contributed by atoms with E-state index >= 15 is 0 Å². The van der Waals surface area contributed by atoms with Gasteiger partial charge in [0.1, 0.15) is 5.65 Å². The third kappa shape index (κ3) is 4.74. The first-order valence-corrected chi connectivity index (χ1v) is 10.8. The molecule has 3 heterocycles. The van der Waals surface area contributed by atoms with Gasteiger partial charge in [-0.25, -0.2) is 4.98 Å². The summed E-state index contributed by atoms with van der Waals surface area (Å²) < 4.78 is 0. The van der Waals surface area contributed by atoms with Crippen LogP contribution in [0, 0.1) is 6.92 Å². The Morgan fingerprint density at radius 2 is 1.97 bits per heavy atom. The van der Waals surface area contributed by atoms with Crippen LogP contribution >= 0.6 is 11.3 Å². The van der Waals surface area contributed by atoms with Crippen molar-refractivity contribution in [1.29, 1.82) is 0 Å². The van der Waals surface area contributed by atoms with E-state index in [1.807, 2.05) is 30.6 Å². The van der Waals surface area contributed by atoms with Gasteiger partial charge in [0.15, 0.2) is 0 Å². The summed E-state index contributed by atoms with van der Waals surface area (Å²) in [6.45, 7) is 2.77. The fourth-order valence-corrected chi connectivity index (χ4v) is 4.60. The molecule has 4 rings (SSSR count). The van der Waals surface area contributed by atoms with Gasteiger partial charge in [0.25, 0.3) is 5.91 Å². The summed E-state index contributed by atoms with van der Waals surface area (Å²) in [7, 11) is 0. The lowest BCUT2D eigenvalue weighted by Gasteiger charge is -2.07. The third-order valence-electron chi connectivity index (χ3n) is 5.09. The van der Waals surface area contributed by atoms with Crippen molar-refractivity contribution in [2.75, 3.05) is 6.54 Å². The fraction of sp³-hybridized carbons (Fsp3) is 0.250. The molecule has 0 unspecified atom stereocenters.